The number of unbranched alkanes of at least 4 members (excludes halogenated alkanes) is 1. The van der Waals surface area contributed by atoms with E-state index >= 15 is 0 Å². The van der Waals surface area contributed by atoms with Crippen molar-refractivity contribution >= 4 is 28.4 Å². The molecule has 4 N–H and O–H groups in total. The Labute approximate surface area is 245 Å². The largest absolute Gasteiger partial charge is 0.403 e. The molecule has 0 radical (unpaired) electrons. The summed E-state index contributed by atoms with van der Waals surface area (Å²) in [6.45, 7) is 6.51. The van der Waals surface area contributed by atoms with Gasteiger partial charge in [0.1, 0.15) is 0 Å². The lowest BCUT2D eigenvalue weighted by Crippen LogP contribution is -2.37. The molecule has 8 heteroatoms. The fraction of sp³-hybridized carbons (Fsp3) is 0.212. The first kappa shape index (κ1) is 29.6. The third-order valence-electron chi connectivity index (χ3n) is 7.36. The maximum absolute atomic E-state index is 12.9. The first-order valence-electron chi connectivity index (χ1n) is 13.4. The van der Waals surface area contributed by atoms with Gasteiger partial charge in [-0.2, -0.15) is 0 Å². The predicted octanol–water partition coefficient (Wildman–Crippen LogP) is 5.50. The highest BCUT2D eigenvalue weighted by molar-refractivity contribution is 6.30. The molecule has 0 aliphatic heterocycles. The summed E-state index contributed by atoms with van der Waals surface area (Å²) < 4.78 is 1.56. The van der Waals surface area contributed by atoms with E-state index in [0.29, 0.717) is 45.0 Å². The summed E-state index contributed by atoms with van der Waals surface area (Å²) in [5.41, 5.74) is 8.22. The van der Waals surface area contributed by atoms with Crippen LogP contribution in [-0.4, -0.2) is 34.1 Å². The molecule has 1 unspecified atom stereocenters. The van der Waals surface area contributed by atoms with Crippen LogP contribution < -0.4 is 16.6 Å². The van der Waals surface area contributed by atoms with Crippen molar-refractivity contribution in [1.29, 1.82) is 0 Å². The Morgan fingerprint density at radius 2 is 1.83 bits per heavy atom. The van der Waals surface area contributed by atoms with Crippen molar-refractivity contribution in [3.8, 4) is 11.1 Å². The summed E-state index contributed by atoms with van der Waals surface area (Å²) in [6, 6.07) is 21.1. The zero-order valence-corrected chi connectivity index (χ0v) is 24.3. The Hall–Kier alpha value is -4.33. The average Bonchev–Trinajstić information content (AvgIpc) is 2.98. The highest BCUT2D eigenvalue weighted by atomic mass is 35.5. The number of nitrogens with two attached hydrogens (primary N) is 1. The summed E-state index contributed by atoms with van der Waals surface area (Å²) in [7, 11) is 3.45. The summed E-state index contributed by atoms with van der Waals surface area (Å²) in [5.74, 6) is -0.177. The van der Waals surface area contributed by atoms with E-state index < -0.39 is 5.60 Å². The lowest BCUT2D eigenvalue weighted by atomic mass is 9.81. The molecule has 0 bridgehead atoms. The van der Waals surface area contributed by atoms with Crippen molar-refractivity contribution in [2.75, 3.05) is 13.6 Å². The van der Waals surface area contributed by atoms with Gasteiger partial charge in [0.05, 0.1) is 11.2 Å². The van der Waals surface area contributed by atoms with Crippen molar-refractivity contribution in [2.45, 2.75) is 25.4 Å². The number of aromatic nitrogens is 1. The van der Waals surface area contributed by atoms with Crippen LogP contribution in [0.5, 0.6) is 0 Å². The quantitative estimate of drug-likeness (QED) is 0.219. The van der Waals surface area contributed by atoms with Crippen LogP contribution in [-0.2, 0) is 12.6 Å². The van der Waals surface area contributed by atoms with Crippen molar-refractivity contribution in [1.82, 2.24) is 14.8 Å². The number of carbonyl (C=O) groups is 1. The second-order valence-electron chi connectivity index (χ2n) is 9.94. The number of fused-ring (bicyclic) bond motifs is 1. The lowest BCUT2D eigenvalue weighted by molar-refractivity contribution is 0.0943. The first-order valence-corrected chi connectivity index (χ1v) is 13.8. The fourth-order valence-electron chi connectivity index (χ4n) is 4.98. The number of likely N-dealkylation sites (N-methyl/N-ethyl adjacent to an activating group) is 1. The van der Waals surface area contributed by atoms with Gasteiger partial charge >= 0.3 is 0 Å². The second kappa shape index (κ2) is 12.5. The van der Waals surface area contributed by atoms with Crippen LogP contribution in [0.4, 0.5) is 0 Å². The van der Waals surface area contributed by atoms with Gasteiger partial charge < -0.3 is 25.6 Å². The minimum absolute atomic E-state index is 0.169. The molecule has 212 valence electrons. The number of aliphatic hydroxyl groups is 1. The van der Waals surface area contributed by atoms with Gasteiger partial charge in [-0.1, -0.05) is 61.9 Å². The van der Waals surface area contributed by atoms with Gasteiger partial charge in [0.25, 0.3) is 11.5 Å². The van der Waals surface area contributed by atoms with Gasteiger partial charge in [0.2, 0.25) is 0 Å². The molecule has 7 nitrogen and oxygen atoms in total. The van der Waals surface area contributed by atoms with Crippen molar-refractivity contribution in [2.24, 2.45) is 12.8 Å². The Morgan fingerprint density at radius 3 is 2.46 bits per heavy atom. The number of nitrogens with one attached hydrogen (secondary N) is 1. The minimum Gasteiger partial charge on any atom is -0.403 e. The second-order valence-corrected chi connectivity index (χ2v) is 10.4. The van der Waals surface area contributed by atoms with Gasteiger partial charge in [0.15, 0.2) is 5.60 Å². The number of benzene rings is 3. The van der Waals surface area contributed by atoms with E-state index in [0.717, 1.165) is 23.8 Å². The first-order chi connectivity index (χ1) is 19.6. The van der Waals surface area contributed by atoms with Crippen molar-refractivity contribution in [3.63, 3.8) is 0 Å². The molecule has 0 spiro atoms. The summed E-state index contributed by atoms with van der Waals surface area (Å²) in [6.07, 6.45) is 4.78. The SMILES string of the molecule is C=CN(C)/C(=C\N)C(O)(c1ccc(C(=O)NCCCC)cc1)c1ccc2c(c1)c(-c1cccc(Cl)c1)cc(=O)n2C. The molecule has 0 aliphatic rings. The normalized spacial score (nSPS) is 13.0. The molecule has 4 rings (SSSR count). The van der Waals surface area contributed by atoms with Crippen LogP contribution in [0.2, 0.25) is 5.02 Å². The molecule has 0 saturated carbocycles. The topological polar surface area (TPSA) is 101 Å². The Kier molecular flexibility index (Phi) is 9.01. The summed E-state index contributed by atoms with van der Waals surface area (Å²) >= 11 is 6.29. The number of nitrogens with zero attached hydrogens (tertiary/aromatic N) is 2. The molecule has 1 amide bonds. The fourth-order valence-corrected chi connectivity index (χ4v) is 5.17. The van der Waals surface area contributed by atoms with Crippen molar-refractivity contribution < 1.29 is 9.90 Å². The number of pyridine rings is 1. The van der Waals surface area contributed by atoms with Gasteiger partial charge in [-0.25, -0.2) is 0 Å². The zero-order valence-electron chi connectivity index (χ0n) is 23.5. The molecule has 1 atom stereocenters. The number of hydrogen-bond acceptors (Lipinski definition) is 5. The van der Waals surface area contributed by atoms with E-state index in [1.165, 1.54) is 6.20 Å². The number of hydrogen-bond donors (Lipinski definition) is 3. The minimum atomic E-state index is -1.73. The number of amides is 1. The molecule has 1 aromatic heterocycles. The van der Waals surface area contributed by atoms with Crippen LogP contribution in [0, 0.1) is 0 Å². The summed E-state index contributed by atoms with van der Waals surface area (Å²) in [5, 5.41) is 16.8. The monoisotopic (exact) mass is 570 g/mol. The predicted molar refractivity (Wildman–Crippen MR) is 167 cm³/mol. The number of halogens is 1. The zero-order chi connectivity index (χ0) is 29.7. The number of rotatable bonds is 10. The Morgan fingerprint density at radius 1 is 1.12 bits per heavy atom. The van der Waals surface area contributed by atoms with Crippen LogP contribution in [0.3, 0.4) is 0 Å². The van der Waals surface area contributed by atoms with Gasteiger partial charge in [0, 0.05) is 48.9 Å². The highest BCUT2D eigenvalue weighted by Gasteiger charge is 2.38. The third-order valence-corrected chi connectivity index (χ3v) is 7.60. The van der Waals surface area contributed by atoms with Gasteiger partial charge in [-0.3, -0.25) is 9.59 Å². The van der Waals surface area contributed by atoms with E-state index in [4.69, 9.17) is 17.3 Å². The molecule has 0 aliphatic carbocycles. The molecule has 4 aromatic rings. The van der Waals surface area contributed by atoms with E-state index in [2.05, 4.69) is 18.8 Å². The molecule has 3 aromatic carbocycles. The third kappa shape index (κ3) is 5.78. The highest BCUT2D eigenvalue weighted by Crippen LogP contribution is 2.40. The van der Waals surface area contributed by atoms with Gasteiger partial charge in [-0.15, -0.1) is 0 Å². The lowest BCUT2D eigenvalue weighted by Gasteiger charge is -2.36. The van der Waals surface area contributed by atoms with E-state index in [-0.39, 0.29) is 11.5 Å². The Bertz CT molecular complexity index is 1680. The molecule has 1 heterocycles. The molecular weight excluding hydrogens is 536 g/mol. The average molecular weight is 571 g/mol. The Balaban J connectivity index is 1.94. The molecule has 0 saturated heterocycles. The molecular formula is C33H35ClN4O3. The van der Waals surface area contributed by atoms with Crippen LogP contribution in [0.1, 0.15) is 41.3 Å². The number of carbonyl (C=O) groups excluding carboxylic acids is 1. The standard InChI is InChI=1S/C33H35ClN4O3/c1-5-7-17-36-32(40)22-11-13-24(14-12-22)33(41,30(21-35)37(3)6-2)25-15-16-29-28(19-25)27(20-31(39)38(29)4)23-9-8-10-26(34)18-23/h6,8-16,18-21,41H,2,5,7,17,35H2,1,3-4H3,(H,36,40)/b30-21-. The molecule has 0 fully saturated rings. The van der Waals surface area contributed by atoms with Crippen LogP contribution in [0.15, 0.2) is 102 Å². The smallest absolute Gasteiger partial charge is 0.251 e. The van der Waals surface area contributed by atoms with E-state index in [9.17, 15) is 14.7 Å². The maximum atomic E-state index is 12.9. The van der Waals surface area contributed by atoms with E-state index in [1.807, 2.05) is 24.3 Å². The maximum Gasteiger partial charge on any atom is 0.251 e. The molecule has 41 heavy (non-hydrogen) atoms. The van der Waals surface area contributed by atoms with E-state index in [1.54, 1.807) is 78.3 Å². The van der Waals surface area contributed by atoms with Gasteiger partial charge in [-0.05, 0) is 71.3 Å². The van der Waals surface area contributed by atoms with Crippen LogP contribution >= 0.6 is 11.6 Å². The van der Waals surface area contributed by atoms with Crippen LogP contribution in [0.25, 0.3) is 22.0 Å². The number of aryl methyl sites for hydroxylation is 1. The van der Waals surface area contributed by atoms with Crippen molar-refractivity contribution in [3.05, 3.63) is 130 Å². The summed E-state index contributed by atoms with van der Waals surface area (Å²) in [4.78, 5) is 27.2.